The van der Waals surface area contributed by atoms with Crippen molar-refractivity contribution in [2.75, 3.05) is 18.4 Å². The summed E-state index contributed by atoms with van der Waals surface area (Å²) in [6, 6.07) is 7.82. The molecule has 2 amide bonds. The van der Waals surface area contributed by atoms with E-state index in [-0.39, 0.29) is 17.7 Å². The molecule has 0 bridgehead atoms. The molecule has 1 N–H and O–H groups in total. The molecule has 0 saturated carbocycles. The first-order chi connectivity index (χ1) is 9.74. The third-order valence-corrected chi connectivity index (χ3v) is 4.24. The van der Waals surface area contributed by atoms with Gasteiger partial charge in [-0.25, -0.2) is 0 Å². The predicted molar refractivity (Wildman–Crippen MR) is 77.3 cm³/mol. The Balaban J connectivity index is 1.66. The van der Waals surface area contributed by atoms with E-state index in [1.54, 1.807) is 0 Å². The number of rotatable bonds is 2. The number of para-hydroxylation sites is 1. The van der Waals surface area contributed by atoms with Gasteiger partial charge in [0.15, 0.2) is 0 Å². The maximum Gasteiger partial charge on any atom is 0.228 e. The summed E-state index contributed by atoms with van der Waals surface area (Å²) in [5.74, 6) is -0.113. The molecule has 4 heteroatoms. The third-order valence-electron chi connectivity index (χ3n) is 4.24. The molecule has 106 valence electrons. The zero-order chi connectivity index (χ0) is 13.9. The van der Waals surface area contributed by atoms with Crippen LogP contribution in [0.15, 0.2) is 24.3 Å². The van der Waals surface area contributed by atoms with E-state index in [4.69, 9.17) is 0 Å². The highest BCUT2D eigenvalue weighted by molar-refractivity contribution is 5.97. The van der Waals surface area contributed by atoms with Crippen molar-refractivity contribution in [2.45, 2.75) is 32.1 Å². The Labute approximate surface area is 119 Å². The fourth-order valence-electron chi connectivity index (χ4n) is 3.06. The summed E-state index contributed by atoms with van der Waals surface area (Å²) in [7, 11) is 0. The number of carbonyl (C=O) groups excluding carboxylic acids is 2. The minimum absolute atomic E-state index is 0.0194. The van der Waals surface area contributed by atoms with Gasteiger partial charge in [-0.1, -0.05) is 18.2 Å². The normalized spacial score (nSPS) is 22.1. The maximum absolute atomic E-state index is 12.3. The number of nitrogens with zero attached hydrogens (tertiary/aromatic N) is 1. The number of likely N-dealkylation sites (tertiary alicyclic amines) is 1. The van der Waals surface area contributed by atoms with Crippen molar-refractivity contribution in [3.8, 4) is 0 Å². The van der Waals surface area contributed by atoms with Crippen molar-refractivity contribution in [3.05, 3.63) is 29.8 Å². The van der Waals surface area contributed by atoms with Crippen molar-refractivity contribution in [3.63, 3.8) is 0 Å². The highest BCUT2D eigenvalue weighted by Crippen LogP contribution is 2.27. The lowest BCUT2D eigenvalue weighted by Crippen LogP contribution is -2.39. The Hall–Kier alpha value is -1.84. The van der Waals surface area contributed by atoms with Crippen molar-refractivity contribution >= 4 is 17.5 Å². The van der Waals surface area contributed by atoms with E-state index < -0.39 is 0 Å². The number of nitrogens with one attached hydrogen (secondary N) is 1. The van der Waals surface area contributed by atoms with E-state index in [0.29, 0.717) is 12.8 Å². The minimum atomic E-state index is -0.223. The Morgan fingerprint density at radius 2 is 1.95 bits per heavy atom. The molecule has 0 aliphatic carbocycles. The first kappa shape index (κ1) is 13.2. The SMILES string of the molecule is O=C1Nc2ccccc2CC1CC(=O)N1CCCCC1. The lowest BCUT2D eigenvalue weighted by Gasteiger charge is -2.30. The van der Waals surface area contributed by atoms with Crippen LogP contribution in [0.1, 0.15) is 31.2 Å². The first-order valence-electron chi connectivity index (χ1n) is 7.40. The smallest absolute Gasteiger partial charge is 0.228 e. The second-order valence-electron chi connectivity index (χ2n) is 5.69. The number of fused-ring (bicyclic) bond motifs is 1. The van der Waals surface area contributed by atoms with Crippen LogP contribution in [0, 0.1) is 5.92 Å². The van der Waals surface area contributed by atoms with Crippen LogP contribution in [-0.4, -0.2) is 29.8 Å². The van der Waals surface area contributed by atoms with Crippen LogP contribution >= 0.6 is 0 Å². The number of hydrogen-bond donors (Lipinski definition) is 1. The van der Waals surface area contributed by atoms with Crippen LogP contribution in [-0.2, 0) is 16.0 Å². The maximum atomic E-state index is 12.3. The standard InChI is InChI=1S/C16H20N2O2/c19-15(18-8-4-1-5-9-18)11-13-10-12-6-2-3-7-14(12)17-16(13)20/h2-3,6-7,13H,1,4-5,8-11H2,(H,17,20). The molecule has 4 nitrogen and oxygen atoms in total. The molecule has 20 heavy (non-hydrogen) atoms. The first-order valence-corrected chi connectivity index (χ1v) is 7.40. The highest BCUT2D eigenvalue weighted by atomic mass is 16.2. The van der Waals surface area contributed by atoms with E-state index in [1.165, 1.54) is 6.42 Å². The summed E-state index contributed by atoms with van der Waals surface area (Å²) in [6.45, 7) is 1.70. The van der Waals surface area contributed by atoms with Crippen molar-refractivity contribution in [1.82, 2.24) is 4.90 Å². The summed E-state index contributed by atoms with van der Waals surface area (Å²) in [5, 5.41) is 2.91. The number of benzene rings is 1. The number of amides is 2. The fraction of sp³-hybridized carbons (Fsp3) is 0.500. The van der Waals surface area contributed by atoms with E-state index in [1.807, 2.05) is 29.2 Å². The van der Waals surface area contributed by atoms with Crippen molar-refractivity contribution in [1.29, 1.82) is 0 Å². The van der Waals surface area contributed by atoms with Gasteiger partial charge in [-0.2, -0.15) is 0 Å². The second-order valence-corrected chi connectivity index (χ2v) is 5.69. The fourth-order valence-corrected chi connectivity index (χ4v) is 3.06. The van der Waals surface area contributed by atoms with Gasteiger partial charge in [0.25, 0.3) is 0 Å². The zero-order valence-corrected chi connectivity index (χ0v) is 11.6. The number of piperidine rings is 1. The summed E-state index contributed by atoms with van der Waals surface area (Å²) in [5.41, 5.74) is 2.02. The third kappa shape index (κ3) is 2.69. The molecule has 1 aromatic rings. The van der Waals surface area contributed by atoms with Gasteiger partial charge in [-0.15, -0.1) is 0 Å². The van der Waals surface area contributed by atoms with Gasteiger partial charge in [0.1, 0.15) is 0 Å². The highest BCUT2D eigenvalue weighted by Gasteiger charge is 2.29. The van der Waals surface area contributed by atoms with E-state index >= 15 is 0 Å². The summed E-state index contributed by atoms with van der Waals surface area (Å²) >= 11 is 0. The van der Waals surface area contributed by atoms with Gasteiger partial charge >= 0.3 is 0 Å². The van der Waals surface area contributed by atoms with E-state index in [0.717, 1.165) is 37.2 Å². The van der Waals surface area contributed by atoms with Gasteiger partial charge < -0.3 is 10.2 Å². The van der Waals surface area contributed by atoms with Crippen LogP contribution in [0.3, 0.4) is 0 Å². The molecule has 1 atom stereocenters. The number of anilines is 1. The lowest BCUT2D eigenvalue weighted by atomic mass is 9.90. The van der Waals surface area contributed by atoms with Crippen LogP contribution in [0.25, 0.3) is 0 Å². The van der Waals surface area contributed by atoms with E-state index in [9.17, 15) is 9.59 Å². The van der Waals surface area contributed by atoms with Crippen molar-refractivity contribution < 1.29 is 9.59 Å². The Morgan fingerprint density at radius 1 is 1.20 bits per heavy atom. The molecule has 2 heterocycles. The summed E-state index contributed by atoms with van der Waals surface area (Å²) < 4.78 is 0. The zero-order valence-electron chi connectivity index (χ0n) is 11.6. The average molecular weight is 272 g/mol. The second kappa shape index (κ2) is 5.65. The van der Waals surface area contributed by atoms with Crippen LogP contribution in [0.5, 0.6) is 0 Å². The molecular weight excluding hydrogens is 252 g/mol. The average Bonchev–Trinajstić information content (AvgIpc) is 2.49. The minimum Gasteiger partial charge on any atom is -0.343 e. The molecular formula is C16H20N2O2. The molecule has 0 aromatic heterocycles. The quantitative estimate of drug-likeness (QED) is 0.897. The molecule has 0 spiro atoms. The molecule has 3 rings (SSSR count). The van der Waals surface area contributed by atoms with Gasteiger partial charge in [0.2, 0.25) is 11.8 Å². The van der Waals surface area contributed by atoms with Gasteiger partial charge in [-0.05, 0) is 37.3 Å². The predicted octanol–water partition coefficient (Wildman–Crippen LogP) is 2.20. The van der Waals surface area contributed by atoms with Gasteiger partial charge in [0.05, 0.1) is 5.92 Å². The molecule has 0 radical (unpaired) electrons. The number of hydrogen-bond acceptors (Lipinski definition) is 2. The van der Waals surface area contributed by atoms with E-state index in [2.05, 4.69) is 5.32 Å². The largest absolute Gasteiger partial charge is 0.343 e. The topological polar surface area (TPSA) is 49.4 Å². The molecule has 2 aliphatic heterocycles. The van der Waals surface area contributed by atoms with Crippen LogP contribution < -0.4 is 5.32 Å². The summed E-state index contributed by atoms with van der Waals surface area (Å²) in [6.07, 6.45) is 4.39. The van der Waals surface area contributed by atoms with Crippen LogP contribution in [0.2, 0.25) is 0 Å². The Kier molecular flexibility index (Phi) is 3.72. The molecule has 1 unspecified atom stereocenters. The van der Waals surface area contributed by atoms with Crippen molar-refractivity contribution in [2.24, 2.45) is 5.92 Å². The van der Waals surface area contributed by atoms with Crippen LogP contribution in [0.4, 0.5) is 5.69 Å². The monoisotopic (exact) mass is 272 g/mol. The molecule has 2 aliphatic rings. The Bertz CT molecular complexity index is 521. The Morgan fingerprint density at radius 3 is 2.75 bits per heavy atom. The molecule has 1 saturated heterocycles. The van der Waals surface area contributed by atoms with Gasteiger partial charge in [0, 0.05) is 25.2 Å². The summed E-state index contributed by atoms with van der Waals surface area (Å²) in [4.78, 5) is 26.3. The molecule has 1 aromatic carbocycles. The number of carbonyl (C=O) groups is 2. The lowest BCUT2D eigenvalue weighted by molar-refractivity contribution is -0.135. The van der Waals surface area contributed by atoms with Gasteiger partial charge in [-0.3, -0.25) is 9.59 Å². The molecule has 1 fully saturated rings.